The van der Waals surface area contributed by atoms with E-state index in [9.17, 15) is 9.59 Å². The summed E-state index contributed by atoms with van der Waals surface area (Å²) >= 11 is 2.96. The van der Waals surface area contributed by atoms with Crippen LogP contribution in [0.25, 0.3) is 15.9 Å². The van der Waals surface area contributed by atoms with Crippen LogP contribution in [0.4, 0.5) is 0 Å². The number of ether oxygens (including phenoxy) is 1. The molecule has 1 aliphatic rings. The second-order valence-corrected chi connectivity index (χ2v) is 10.4. The van der Waals surface area contributed by atoms with E-state index < -0.39 is 0 Å². The van der Waals surface area contributed by atoms with Gasteiger partial charge in [0.1, 0.15) is 10.6 Å². The van der Waals surface area contributed by atoms with Gasteiger partial charge < -0.3 is 9.64 Å². The molecule has 0 aliphatic heterocycles. The second kappa shape index (κ2) is 9.04. The number of carbonyl (C=O) groups is 1. The highest BCUT2D eigenvalue weighted by Crippen LogP contribution is 2.35. The monoisotopic (exact) mass is 457 g/mol. The highest BCUT2D eigenvalue weighted by molar-refractivity contribution is 8.00. The van der Waals surface area contributed by atoms with Crippen LogP contribution in [0.1, 0.15) is 36.6 Å². The van der Waals surface area contributed by atoms with Gasteiger partial charge in [-0.25, -0.2) is 4.98 Å². The summed E-state index contributed by atoms with van der Waals surface area (Å²) in [5.41, 5.74) is 1.80. The number of fused-ring (bicyclic) bond motifs is 3. The van der Waals surface area contributed by atoms with Crippen LogP contribution in [0, 0.1) is 0 Å². The van der Waals surface area contributed by atoms with E-state index in [2.05, 4.69) is 0 Å². The first-order valence-corrected chi connectivity index (χ1v) is 12.2. The quantitative estimate of drug-likeness (QED) is 0.325. The number of aromatic nitrogens is 2. The number of rotatable bonds is 5. The van der Waals surface area contributed by atoms with Crippen molar-refractivity contribution in [2.75, 3.05) is 21.2 Å². The minimum absolute atomic E-state index is 0.0153. The molecule has 6 nitrogen and oxygen atoms in total. The zero-order valence-electron chi connectivity index (χ0n) is 18.3. The Labute approximate surface area is 190 Å². The molecule has 1 aromatic carbocycles. The van der Waals surface area contributed by atoms with Gasteiger partial charge >= 0.3 is 0 Å². The van der Waals surface area contributed by atoms with Crippen LogP contribution in [0.3, 0.4) is 0 Å². The summed E-state index contributed by atoms with van der Waals surface area (Å²) in [5.74, 6) is 0.653. The van der Waals surface area contributed by atoms with Gasteiger partial charge in [0.05, 0.1) is 23.4 Å². The lowest BCUT2D eigenvalue weighted by atomic mass is 10.1. The third-order valence-corrected chi connectivity index (χ3v) is 7.82. The Bertz CT molecular complexity index is 1180. The van der Waals surface area contributed by atoms with E-state index in [0.29, 0.717) is 16.6 Å². The first kappa shape index (κ1) is 21.9. The summed E-state index contributed by atoms with van der Waals surface area (Å²) in [5, 5.41) is 0.902. The Balaban J connectivity index is 1.94. The maximum Gasteiger partial charge on any atom is 0.267 e. The maximum atomic E-state index is 13.9. The molecular formula is C23H27N3O3S2. The van der Waals surface area contributed by atoms with E-state index in [-0.39, 0.29) is 16.7 Å². The van der Waals surface area contributed by atoms with Gasteiger partial charge in [-0.05, 0) is 50.3 Å². The Morgan fingerprint density at radius 1 is 1.26 bits per heavy atom. The van der Waals surface area contributed by atoms with Gasteiger partial charge in [0.25, 0.3) is 5.56 Å². The summed E-state index contributed by atoms with van der Waals surface area (Å²) in [6.07, 6.45) is 5.37. The zero-order valence-corrected chi connectivity index (χ0v) is 19.9. The number of thioether (sulfide) groups is 1. The van der Waals surface area contributed by atoms with E-state index in [4.69, 9.17) is 9.72 Å². The maximum absolute atomic E-state index is 13.9. The topological polar surface area (TPSA) is 64.4 Å². The van der Waals surface area contributed by atoms with E-state index in [1.807, 2.05) is 31.2 Å². The predicted octanol–water partition coefficient (Wildman–Crippen LogP) is 4.29. The molecule has 31 heavy (non-hydrogen) atoms. The molecule has 0 radical (unpaired) electrons. The number of hydrogen-bond acceptors (Lipinski definition) is 6. The molecule has 1 unspecified atom stereocenters. The van der Waals surface area contributed by atoms with Gasteiger partial charge in [0.15, 0.2) is 5.16 Å². The van der Waals surface area contributed by atoms with Crippen LogP contribution < -0.4 is 10.3 Å². The Morgan fingerprint density at radius 3 is 2.77 bits per heavy atom. The molecule has 1 atom stereocenters. The molecular weight excluding hydrogens is 430 g/mol. The SMILES string of the molecule is COc1cccc(-n2c(SC(C)C(=O)N(C)C)nc3sc4c(c3c2=O)CCCCC4)c1. The van der Waals surface area contributed by atoms with Gasteiger partial charge in [-0.15, -0.1) is 11.3 Å². The van der Waals surface area contributed by atoms with Crippen LogP contribution in [-0.4, -0.2) is 46.8 Å². The van der Waals surface area contributed by atoms with Crippen molar-refractivity contribution in [2.45, 2.75) is 49.4 Å². The second-order valence-electron chi connectivity index (χ2n) is 7.97. The molecule has 0 saturated heterocycles. The molecule has 0 spiro atoms. The van der Waals surface area contributed by atoms with E-state index in [1.165, 1.54) is 28.6 Å². The number of nitrogens with zero attached hydrogens (tertiary/aromatic N) is 3. The smallest absolute Gasteiger partial charge is 0.267 e. The number of methoxy groups -OCH3 is 1. The summed E-state index contributed by atoms with van der Waals surface area (Å²) in [6.45, 7) is 1.85. The highest BCUT2D eigenvalue weighted by atomic mass is 32.2. The minimum Gasteiger partial charge on any atom is -0.497 e. The number of benzene rings is 1. The molecule has 164 valence electrons. The lowest BCUT2D eigenvalue weighted by molar-refractivity contribution is -0.127. The standard InChI is InChI=1S/C23H27N3O3S2/c1-14(21(27)25(2)3)30-23-24-20-19(17-11-6-5-7-12-18(17)31-20)22(28)26(23)15-9-8-10-16(13-15)29-4/h8-10,13-14H,5-7,11-12H2,1-4H3. The molecule has 3 aromatic rings. The molecule has 0 fully saturated rings. The number of thiophene rings is 1. The minimum atomic E-state index is -0.367. The molecule has 1 aliphatic carbocycles. The predicted molar refractivity (Wildman–Crippen MR) is 127 cm³/mol. The van der Waals surface area contributed by atoms with Crippen molar-refractivity contribution in [1.29, 1.82) is 0 Å². The molecule has 0 bridgehead atoms. The van der Waals surface area contributed by atoms with Gasteiger partial charge in [0.2, 0.25) is 5.91 Å². The van der Waals surface area contributed by atoms with Crippen LogP contribution in [-0.2, 0) is 17.6 Å². The zero-order chi connectivity index (χ0) is 22.1. The third kappa shape index (κ3) is 4.23. The molecule has 4 rings (SSSR count). The van der Waals surface area contributed by atoms with Crippen molar-refractivity contribution in [3.8, 4) is 11.4 Å². The fourth-order valence-corrected chi connectivity index (χ4v) is 6.37. The van der Waals surface area contributed by atoms with E-state index in [0.717, 1.165) is 35.9 Å². The summed E-state index contributed by atoms with van der Waals surface area (Å²) in [6, 6.07) is 7.43. The van der Waals surface area contributed by atoms with Crippen molar-refractivity contribution in [2.24, 2.45) is 0 Å². The number of aryl methyl sites for hydroxylation is 2. The average Bonchev–Trinajstić information content (AvgIpc) is 2.94. The van der Waals surface area contributed by atoms with Crippen molar-refractivity contribution in [3.63, 3.8) is 0 Å². The summed E-state index contributed by atoms with van der Waals surface area (Å²) in [4.78, 5) is 34.9. The first-order valence-electron chi connectivity index (χ1n) is 10.5. The number of hydrogen-bond donors (Lipinski definition) is 0. The van der Waals surface area contributed by atoms with Crippen LogP contribution in [0.2, 0.25) is 0 Å². The lowest BCUT2D eigenvalue weighted by Gasteiger charge is -2.18. The molecule has 0 N–H and O–H groups in total. The van der Waals surface area contributed by atoms with Crippen molar-refractivity contribution < 1.29 is 9.53 Å². The van der Waals surface area contributed by atoms with Crippen molar-refractivity contribution in [1.82, 2.24) is 14.5 Å². The van der Waals surface area contributed by atoms with Gasteiger partial charge in [-0.3, -0.25) is 14.2 Å². The molecule has 2 heterocycles. The lowest BCUT2D eigenvalue weighted by Crippen LogP contribution is -2.31. The number of amides is 1. The molecule has 2 aromatic heterocycles. The third-order valence-electron chi connectivity index (χ3n) is 5.59. The first-order chi connectivity index (χ1) is 14.9. The molecule has 0 saturated carbocycles. The fraction of sp³-hybridized carbons (Fsp3) is 0.435. The normalized spacial score (nSPS) is 14.7. The van der Waals surface area contributed by atoms with E-state index in [1.54, 1.807) is 42.0 Å². The van der Waals surface area contributed by atoms with Crippen LogP contribution in [0.5, 0.6) is 5.75 Å². The average molecular weight is 458 g/mol. The summed E-state index contributed by atoms with van der Waals surface area (Å²) in [7, 11) is 5.08. The molecule has 8 heteroatoms. The Kier molecular flexibility index (Phi) is 6.39. The fourth-order valence-electron chi connectivity index (χ4n) is 3.99. The Morgan fingerprint density at radius 2 is 2.03 bits per heavy atom. The van der Waals surface area contributed by atoms with Crippen LogP contribution >= 0.6 is 23.1 Å². The largest absolute Gasteiger partial charge is 0.497 e. The van der Waals surface area contributed by atoms with Crippen molar-refractivity contribution in [3.05, 3.63) is 45.1 Å². The highest BCUT2D eigenvalue weighted by Gasteiger charge is 2.25. The van der Waals surface area contributed by atoms with Gasteiger partial charge in [-0.1, -0.05) is 24.2 Å². The molecule has 1 amide bonds. The summed E-state index contributed by atoms with van der Waals surface area (Å²) < 4.78 is 7.03. The van der Waals surface area contributed by atoms with Crippen LogP contribution in [0.15, 0.2) is 34.2 Å². The van der Waals surface area contributed by atoms with Gasteiger partial charge in [-0.2, -0.15) is 0 Å². The van der Waals surface area contributed by atoms with Crippen molar-refractivity contribution >= 4 is 39.2 Å². The Hall–Kier alpha value is -2.32. The van der Waals surface area contributed by atoms with E-state index >= 15 is 0 Å². The van der Waals surface area contributed by atoms with Gasteiger partial charge in [0, 0.05) is 25.0 Å². The number of carbonyl (C=O) groups excluding carboxylic acids is 1.